The lowest BCUT2D eigenvalue weighted by Crippen LogP contribution is -2.43. The van der Waals surface area contributed by atoms with Gasteiger partial charge in [-0.3, -0.25) is 5.32 Å². The largest absolute Gasteiger partial charge is 0.480 e. The highest BCUT2D eigenvalue weighted by Crippen LogP contribution is 2.40. The molecule has 1 aliphatic carbocycles. The van der Waals surface area contributed by atoms with Gasteiger partial charge in [0.05, 0.1) is 11.8 Å². The molecule has 0 radical (unpaired) electrons. The minimum atomic E-state index is -1.10. The van der Waals surface area contributed by atoms with E-state index in [1.807, 2.05) is 5.38 Å². The topological polar surface area (TPSA) is 103 Å². The van der Waals surface area contributed by atoms with Crippen molar-refractivity contribution in [1.82, 2.24) is 9.88 Å². The normalized spacial score (nSPS) is 25.8. The summed E-state index contributed by atoms with van der Waals surface area (Å²) in [6.07, 6.45) is 1.54. The lowest BCUT2D eigenvalue weighted by molar-refractivity contribution is -0.141. The van der Waals surface area contributed by atoms with Crippen molar-refractivity contribution in [3.8, 4) is 0 Å². The third-order valence-corrected chi connectivity index (χ3v) is 4.33. The first-order valence-corrected chi connectivity index (χ1v) is 7.36. The number of carbonyl (C=O) groups is 2. The fourth-order valence-corrected chi connectivity index (χ4v) is 3.13. The number of nitrogens with zero attached hydrogens (tertiary/aromatic N) is 2. The number of aliphatic hydroxyl groups excluding tert-OH is 1. The quantitative estimate of drug-likeness (QED) is 0.774. The minimum Gasteiger partial charge on any atom is -0.480 e. The Morgan fingerprint density at radius 3 is 2.85 bits per heavy atom. The number of hydrogen-bond acceptors (Lipinski definition) is 5. The Bertz CT molecular complexity index is 543. The molecule has 0 aromatic carbocycles. The molecule has 2 heterocycles. The molecular formula is C12H15N3O4S. The van der Waals surface area contributed by atoms with Gasteiger partial charge in [-0.05, 0) is 12.8 Å². The number of aliphatic carboxylic acids is 1. The molecule has 1 aromatic heterocycles. The van der Waals surface area contributed by atoms with Crippen LogP contribution in [-0.4, -0.2) is 50.8 Å². The number of aliphatic hydroxyl groups is 1. The van der Waals surface area contributed by atoms with Gasteiger partial charge in [-0.1, -0.05) is 0 Å². The predicted molar refractivity (Wildman–Crippen MR) is 71.9 cm³/mol. The number of nitrogens with one attached hydrogen (secondary N) is 1. The number of urea groups is 1. The fraction of sp³-hybridized carbons (Fsp3) is 0.583. The average Bonchev–Trinajstić information content (AvgIpc) is 3.01. The SMILES string of the molecule is O=C(O)C1CC(O)CN1C(=O)Nc1nc(C2CC2)cs1. The predicted octanol–water partition coefficient (Wildman–Crippen LogP) is 1.07. The van der Waals surface area contributed by atoms with Crippen LogP contribution in [0.15, 0.2) is 5.38 Å². The summed E-state index contributed by atoms with van der Waals surface area (Å²) in [5.41, 5.74) is 0.988. The van der Waals surface area contributed by atoms with Crippen molar-refractivity contribution >= 4 is 28.5 Å². The minimum absolute atomic E-state index is 0.0314. The van der Waals surface area contributed by atoms with Crippen LogP contribution in [0.1, 0.15) is 30.9 Å². The van der Waals surface area contributed by atoms with Crippen LogP contribution >= 0.6 is 11.3 Å². The zero-order valence-electron chi connectivity index (χ0n) is 10.7. The number of aromatic nitrogens is 1. The summed E-state index contributed by atoms with van der Waals surface area (Å²) in [6.45, 7) is 0.0314. The van der Waals surface area contributed by atoms with Gasteiger partial charge in [0, 0.05) is 24.3 Å². The third kappa shape index (κ3) is 2.61. The van der Waals surface area contributed by atoms with Gasteiger partial charge in [-0.25, -0.2) is 14.6 Å². The Kier molecular flexibility index (Phi) is 3.35. The second-order valence-corrected chi connectivity index (χ2v) is 6.04. The Labute approximate surface area is 119 Å². The van der Waals surface area contributed by atoms with Crippen LogP contribution in [0.5, 0.6) is 0 Å². The molecule has 2 atom stereocenters. The van der Waals surface area contributed by atoms with Gasteiger partial charge in [-0.15, -0.1) is 11.3 Å². The molecule has 20 heavy (non-hydrogen) atoms. The molecule has 2 aliphatic rings. The number of rotatable bonds is 3. The van der Waals surface area contributed by atoms with Gasteiger partial charge in [0.1, 0.15) is 6.04 Å². The lowest BCUT2D eigenvalue weighted by atomic mass is 10.2. The summed E-state index contributed by atoms with van der Waals surface area (Å²) >= 11 is 1.34. The summed E-state index contributed by atoms with van der Waals surface area (Å²) in [6, 6.07) is -1.50. The highest BCUT2D eigenvalue weighted by Gasteiger charge is 2.39. The van der Waals surface area contributed by atoms with E-state index in [0.717, 1.165) is 23.4 Å². The van der Waals surface area contributed by atoms with E-state index in [9.17, 15) is 14.7 Å². The standard InChI is InChI=1S/C12H15N3O4S/c16-7-3-9(10(17)18)15(4-7)12(19)14-11-13-8(5-20-11)6-1-2-6/h5-7,9,16H,1-4H2,(H,17,18)(H,13,14,19). The first kappa shape index (κ1) is 13.3. The van der Waals surface area contributed by atoms with Crippen molar-refractivity contribution in [3.05, 3.63) is 11.1 Å². The van der Waals surface area contributed by atoms with Gasteiger partial charge in [0.2, 0.25) is 0 Å². The summed E-state index contributed by atoms with van der Waals surface area (Å²) in [4.78, 5) is 28.6. The molecule has 2 amide bonds. The first-order chi connectivity index (χ1) is 9.54. The number of thiazole rings is 1. The van der Waals surface area contributed by atoms with Crippen LogP contribution in [0.2, 0.25) is 0 Å². The van der Waals surface area contributed by atoms with Crippen LogP contribution in [-0.2, 0) is 4.79 Å². The van der Waals surface area contributed by atoms with Gasteiger partial charge >= 0.3 is 12.0 Å². The Hall–Kier alpha value is -1.67. The Morgan fingerprint density at radius 2 is 2.20 bits per heavy atom. The fourth-order valence-electron chi connectivity index (χ4n) is 2.35. The first-order valence-electron chi connectivity index (χ1n) is 6.48. The van der Waals surface area contributed by atoms with Crippen molar-refractivity contribution in [3.63, 3.8) is 0 Å². The molecule has 1 aromatic rings. The van der Waals surface area contributed by atoms with E-state index >= 15 is 0 Å². The molecule has 3 N–H and O–H groups in total. The van der Waals surface area contributed by atoms with Gasteiger partial charge < -0.3 is 15.1 Å². The molecule has 8 heteroatoms. The molecule has 1 saturated heterocycles. The van der Waals surface area contributed by atoms with Crippen molar-refractivity contribution < 1.29 is 19.8 Å². The summed E-state index contributed by atoms with van der Waals surface area (Å²) in [5.74, 6) is -0.591. The maximum Gasteiger partial charge on any atom is 0.326 e. The van der Waals surface area contributed by atoms with Crippen LogP contribution in [0.3, 0.4) is 0 Å². The van der Waals surface area contributed by atoms with Crippen LogP contribution < -0.4 is 5.32 Å². The number of hydrogen-bond donors (Lipinski definition) is 3. The maximum absolute atomic E-state index is 12.1. The van der Waals surface area contributed by atoms with E-state index in [1.54, 1.807) is 0 Å². The summed E-state index contributed by atoms with van der Waals surface area (Å²) < 4.78 is 0. The number of amides is 2. The second kappa shape index (κ2) is 5.02. The van der Waals surface area contributed by atoms with Crippen molar-refractivity contribution in [1.29, 1.82) is 0 Å². The van der Waals surface area contributed by atoms with E-state index < -0.39 is 24.1 Å². The van der Waals surface area contributed by atoms with Crippen LogP contribution in [0.25, 0.3) is 0 Å². The molecule has 1 aliphatic heterocycles. The van der Waals surface area contributed by atoms with Gasteiger partial charge in [0.25, 0.3) is 0 Å². The molecule has 0 bridgehead atoms. The van der Waals surface area contributed by atoms with Crippen molar-refractivity contribution in [2.45, 2.75) is 37.3 Å². The average molecular weight is 297 g/mol. The molecule has 7 nitrogen and oxygen atoms in total. The zero-order chi connectivity index (χ0) is 14.3. The number of carboxylic acid groups (broad SMARTS) is 1. The van der Waals surface area contributed by atoms with E-state index in [2.05, 4.69) is 10.3 Å². The molecule has 2 unspecified atom stereocenters. The highest BCUT2D eigenvalue weighted by molar-refractivity contribution is 7.13. The van der Waals surface area contributed by atoms with Crippen molar-refractivity contribution in [2.24, 2.45) is 0 Å². The second-order valence-electron chi connectivity index (χ2n) is 5.18. The number of likely N-dealkylation sites (tertiary alicyclic amines) is 1. The number of β-amino-alcohol motifs (C(OH)–C–C–N with tert-alkyl or cyclic N) is 1. The highest BCUT2D eigenvalue weighted by atomic mass is 32.1. The smallest absolute Gasteiger partial charge is 0.326 e. The number of carbonyl (C=O) groups excluding carboxylic acids is 1. The maximum atomic E-state index is 12.1. The monoisotopic (exact) mass is 297 g/mol. The van der Waals surface area contributed by atoms with Gasteiger partial charge in [-0.2, -0.15) is 0 Å². The molecular weight excluding hydrogens is 282 g/mol. The third-order valence-electron chi connectivity index (χ3n) is 3.56. The lowest BCUT2D eigenvalue weighted by Gasteiger charge is -2.20. The number of carboxylic acids is 1. The van der Waals surface area contributed by atoms with Crippen LogP contribution in [0.4, 0.5) is 9.93 Å². The van der Waals surface area contributed by atoms with E-state index in [0.29, 0.717) is 11.0 Å². The molecule has 2 fully saturated rings. The zero-order valence-corrected chi connectivity index (χ0v) is 11.5. The Morgan fingerprint density at radius 1 is 1.45 bits per heavy atom. The van der Waals surface area contributed by atoms with E-state index in [1.165, 1.54) is 11.3 Å². The van der Waals surface area contributed by atoms with E-state index in [-0.39, 0.29) is 13.0 Å². The molecule has 0 spiro atoms. The summed E-state index contributed by atoms with van der Waals surface area (Å²) in [5, 5.41) is 23.6. The molecule has 108 valence electrons. The Balaban J connectivity index is 1.66. The van der Waals surface area contributed by atoms with E-state index in [4.69, 9.17) is 5.11 Å². The number of anilines is 1. The molecule has 3 rings (SSSR count). The van der Waals surface area contributed by atoms with Crippen LogP contribution in [0, 0.1) is 0 Å². The van der Waals surface area contributed by atoms with Crippen molar-refractivity contribution in [2.75, 3.05) is 11.9 Å². The van der Waals surface area contributed by atoms with Gasteiger partial charge in [0.15, 0.2) is 5.13 Å². The molecule has 1 saturated carbocycles. The summed E-state index contributed by atoms with van der Waals surface area (Å²) in [7, 11) is 0.